The Labute approximate surface area is 244 Å². The van der Waals surface area contributed by atoms with Gasteiger partial charge in [0.25, 0.3) is 5.91 Å². The van der Waals surface area contributed by atoms with Gasteiger partial charge in [-0.15, -0.1) is 0 Å². The smallest absolute Gasteiger partial charge is 0.336 e. The molecule has 0 fully saturated rings. The number of amides is 4. The highest BCUT2D eigenvalue weighted by atomic mass is 16.4. The molecule has 2 aromatic carbocycles. The van der Waals surface area contributed by atoms with Crippen molar-refractivity contribution in [1.82, 2.24) is 20.9 Å². The minimum atomic E-state index is -1.26. The SMILES string of the molecule is CC(C)C[C@H](NCC(=O)CNC(=O)c1ccccc1C(=O)O)C(=O)N1Cc2ccccc2C[C@H]1C(=O)N[C@@H](C)C(N)=O. The van der Waals surface area contributed by atoms with Crippen LogP contribution >= 0.6 is 0 Å². The Kier molecular flexibility index (Phi) is 10.9. The zero-order valence-electron chi connectivity index (χ0n) is 23.9. The summed E-state index contributed by atoms with van der Waals surface area (Å²) in [5.74, 6) is -3.92. The van der Waals surface area contributed by atoms with E-state index in [4.69, 9.17) is 5.73 Å². The molecule has 6 N–H and O–H groups in total. The molecule has 0 aliphatic carbocycles. The number of carboxylic acid groups (broad SMARTS) is 1. The number of carbonyl (C=O) groups excluding carboxylic acids is 5. The summed E-state index contributed by atoms with van der Waals surface area (Å²) in [6.07, 6.45) is 0.616. The fourth-order valence-electron chi connectivity index (χ4n) is 4.75. The Morgan fingerprint density at radius 3 is 2.17 bits per heavy atom. The van der Waals surface area contributed by atoms with E-state index in [0.717, 1.165) is 11.1 Å². The highest BCUT2D eigenvalue weighted by Crippen LogP contribution is 2.25. The van der Waals surface area contributed by atoms with E-state index in [-0.39, 0.29) is 49.0 Å². The molecular formula is C30H37N5O7. The van der Waals surface area contributed by atoms with Crippen LogP contribution < -0.4 is 21.7 Å². The molecule has 2 aromatic rings. The number of nitrogens with zero attached hydrogens (tertiary/aromatic N) is 1. The van der Waals surface area contributed by atoms with Crippen molar-refractivity contribution >= 4 is 35.4 Å². The third kappa shape index (κ3) is 8.23. The van der Waals surface area contributed by atoms with E-state index in [2.05, 4.69) is 16.0 Å². The van der Waals surface area contributed by atoms with Crippen LogP contribution in [0.2, 0.25) is 0 Å². The third-order valence-corrected chi connectivity index (χ3v) is 7.02. The van der Waals surface area contributed by atoms with E-state index in [1.54, 1.807) is 0 Å². The molecule has 1 aliphatic heterocycles. The van der Waals surface area contributed by atoms with Gasteiger partial charge in [0.2, 0.25) is 17.7 Å². The van der Waals surface area contributed by atoms with E-state index >= 15 is 0 Å². The van der Waals surface area contributed by atoms with Crippen LogP contribution in [0.5, 0.6) is 0 Å². The molecule has 1 heterocycles. The first-order chi connectivity index (χ1) is 19.9. The summed E-state index contributed by atoms with van der Waals surface area (Å²) in [7, 11) is 0. The van der Waals surface area contributed by atoms with Gasteiger partial charge in [-0.3, -0.25) is 29.3 Å². The Balaban J connectivity index is 1.72. The van der Waals surface area contributed by atoms with E-state index in [1.807, 2.05) is 38.1 Å². The fraction of sp³-hybridized carbons (Fsp3) is 0.400. The van der Waals surface area contributed by atoms with Crippen molar-refractivity contribution in [3.05, 3.63) is 70.8 Å². The summed E-state index contributed by atoms with van der Waals surface area (Å²) in [5, 5.41) is 17.3. The lowest BCUT2D eigenvalue weighted by molar-refractivity contribution is -0.144. The summed E-state index contributed by atoms with van der Waals surface area (Å²) in [6, 6.07) is 10.5. The van der Waals surface area contributed by atoms with Crippen molar-refractivity contribution in [1.29, 1.82) is 0 Å². The quantitative estimate of drug-likeness (QED) is 0.228. The lowest BCUT2D eigenvalue weighted by atomic mass is 9.91. The Hall–Kier alpha value is -4.58. The van der Waals surface area contributed by atoms with Crippen molar-refractivity contribution in [3.8, 4) is 0 Å². The van der Waals surface area contributed by atoms with Gasteiger partial charge < -0.3 is 26.4 Å². The first-order valence-corrected chi connectivity index (χ1v) is 13.7. The highest BCUT2D eigenvalue weighted by Gasteiger charge is 2.38. The monoisotopic (exact) mass is 579 g/mol. The van der Waals surface area contributed by atoms with Crippen LogP contribution in [0, 0.1) is 5.92 Å². The van der Waals surface area contributed by atoms with Gasteiger partial charge in [-0.2, -0.15) is 0 Å². The molecule has 4 amide bonds. The zero-order valence-corrected chi connectivity index (χ0v) is 23.9. The maximum absolute atomic E-state index is 13.9. The van der Waals surface area contributed by atoms with Crippen LogP contribution in [0.3, 0.4) is 0 Å². The number of fused-ring (bicyclic) bond motifs is 1. The van der Waals surface area contributed by atoms with Crippen molar-refractivity contribution < 1.29 is 33.9 Å². The average molecular weight is 580 g/mol. The number of hydrogen-bond donors (Lipinski definition) is 5. The minimum absolute atomic E-state index is 0.0630. The van der Waals surface area contributed by atoms with Crippen molar-refractivity contribution in [3.63, 3.8) is 0 Å². The summed E-state index contributed by atoms with van der Waals surface area (Å²) in [6.45, 7) is 4.86. The first-order valence-electron chi connectivity index (χ1n) is 13.7. The van der Waals surface area contributed by atoms with Gasteiger partial charge in [0.15, 0.2) is 5.78 Å². The van der Waals surface area contributed by atoms with Crippen LogP contribution in [0.15, 0.2) is 48.5 Å². The number of hydrogen-bond acceptors (Lipinski definition) is 7. The van der Waals surface area contributed by atoms with Crippen LogP contribution in [-0.2, 0) is 32.1 Å². The molecule has 0 bridgehead atoms. The highest BCUT2D eigenvalue weighted by molar-refractivity contribution is 6.05. The molecule has 0 radical (unpaired) electrons. The zero-order chi connectivity index (χ0) is 31.0. The molecule has 0 saturated carbocycles. The standard InChI is InChI=1S/C30H37N5O7/c1-17(2)12-24(32-14-21(36)15-33-27(38)22-10-6-7-11-23(22)30(41)42)29(40)35-16-20-9-5-4-8-19(20)13-25(35)28(39)34-18(3)26(31)37/h4-11,17-18,24-25,32H,12-16H2,1-3H3,(H2,31,37)(H,33,38)(H,34,39)(H,41,42)/t18-,24-,25-/m0/s1. The number of carboxylic acids is 1. The predicted octanol–water partition coefficient (Wildman–Crippen LogP) is 0.632. The molecule has 224 valence electrons. The van der Waals surface area contributed by atoms with E-state index < -0.39 is 47.6 Å². The molecule has 12 nitrogen and oxygen atoms in total. The number of primary amides is 1. The Bertz CT molecular complexity index is 1360. The molecule has 0 saturated heterocycles. The normalized spacial score (nSPS) is 15.7. The molecular weight excluding hydrogens is 542 g/mol. The fourth-order valence-corrected chi connectivity index (χ4v) is 4.75. The number of aromatic carboxylic acids is 1. The van der Waals surface area contributed by atoms with Crippen LogP contribution in [0.4, 0.5) is 0 Å². The van der Waals surface area contributed by atoms with Crippen LogP contribution in [0.1, 0.15) is 59.0 Å². The second-order valence-electron chi connectivity index (χ2n) is 10.7. The number of rotatable bonds is 13. The molecule has 3 atom stereocenters. The summed E-state index contributed by atoms with van der Waals surface area (Å²) in [5.41, 5.74) is 6.87. The van der Waals surface area contributed by atoms with Crippen LogP contribution in [-0.4, -0.2) is 76.6 Å². The number of benzene rings is 2. The minimum Gasteiger partial charge on any atom is -0.478 e. The molecule has 3 rings (SSSR count). The Morgan fingerprint density at radius 2 is 1.55 bits per heavy atom. The van der Waals surface area contributed by atoms with Gasteiger partial charge in [0, 0.05) is 13.0 Å². The first kappa shape index (κ1) is 31.9. The molecule has 42 heavy (non-hydrogen) atoms. The number of Topliss-reactive ketones (excluding diaryl/α,β-unsaturated/α-hetero) is 1. The second-order valence-corrected chi connectivity index (χ2v) is 10.7. The molecule has 0 unspecified atom stereocenters. The molecule has 12 heteroatoms. The summed E-state index contributed by atoms with van der Waals surface area (Å²) >= 11 is 0. The number of nitrogens with two attached hydrogens (primary N) is 1. The van der Waals surface area contributed by atoms with Gasteiger partial charge >= 0.3 is 5.97 Å². The van der Waals surface area contributed by atoms with E-state index in [9.17, 15) is 33.9 Å². The largest absolute Gasteiger partial charge is 0.478 e. The topological polar surface area (TPSA) is 188 Å². The van der Waals surface area contributed by atoms with Gasteiger partial charge in [-0.05, 0) is 42.5 Å². The van der Waals surface area contributed by atoms with Crippen molar-refractivity contribution in [2.45, 2.75) is 58.3 Å². The van der Waals surface area contributed by atoms with Gasteiger partial charge in [-0.1, -0.05) is 50.2 Å². The number of nitrogens with one attached hydrogen (secondary N) is 3. The van der Waals surface area contributed by atoms with Crippen molar-refractivity contribution in [2.75, 3.05) is 13.1 Å². The lowest BCUT2D eigenvalue weighted by Gasteiger charge is -2.38. The van der Waals surface area contributed by atoms with Gasteiger partial charge in [0.05, 0.1) is 30.3 Å². The van der Waals surface area contributed by atoms with Gasteiger partial charge in [0.1, 0.15) is 12.1 Å². The van der Waals surface area contributed by atoms with E-state index in [0.29, 0.717) is 6.42 Å². The lowest BCUT2D eigenvalue weighted by Crippen LogP contribution is -2.59. The Morgan fingerprint density at radius 1 is 0.929 bits per heavy atom. The van der Waals surface area contributed by atoms with Crippen molar-refractivity contribution in [2.24, 2.45) is 11.7 Å². The molecule has 0 aromatic heterocycles. The second kappa shape index (κ2) is 14.4. The summed E-state index contributed by atoms with van der Waals surface area (Å²) < 4.78 is 0. The maximum atomic E-state index is 13.9. The molecule has 0 spiro atoms. The molecule has 1 aliphatic rings. The number of ketones is 1. The van der Waals surface area contributed by atoms with Gasteiger partial charge in [-0.25, -0.2) is 4.79 Å². The maximum Gasteiger partial charge on any atom is 0.336 e. The third-order valence-electron chi connectivity index (χ3n) is 7.02. The average Bonchev–Trinajstić information content (AvgIpc) is 2.96. The summed E-state index contributed by atoms with van der Waals surface area (Å²) in [4.78, 5) is 76.7. The van der Waals surface area contributed by atoms with E-state index in [1.165, 1.54) is 36.1 Å². The predicted molar refractivity (Wildman–Crippen MR) is 153 cm³/mol. The number of carbonyl (C=O) groups is 6. The van der Waals surface area contributed by atoms with Crippen LogP contribution in [0.25, 0.3) is 0 Å².